The van der Waals surface area contributed by atoms with Gasteiger partial charge >= 0.3 is 0 Å². The minimum Gasteiger partial charge on any atom is -0.381 e. The molecular weight excluding hydrogens is 436 g/mol. The summed E-state index contributed by atoms with van der Waals surface area (Å²) >= 11 is 4.37. The molecule has 0 heterocycles. The molecule has 0 aliphatic heterocycles. The van der Waals surface area contributed by atoms with Crippen LogP contribution in [0.4, 0.5) is 0 Å². The lowest BCUT2D eigenvalue weighted by Crippen LogP contribution is -2.17. The van der Waals surface area contributed by atoms with Gasteiger partial charge in [-0.3, -0.25) is 0 Å². The minimum atomic E-state index is 0.483. The monoisotopic (exact) mass is 492 g/mol. The molecule has 0 saturated carbocycles. The van der Waals surface area contributed by atoms with E-state index < -0.39 is 0 Å². The van der Waals surface area contributed by atoms with E-state index in [1.165, 1.54) is 108 Å². The van der Waals surface area contributed by atoms with Crippen molar-refractivity contribution in [2.24, 2.45) is 5.92 Å². The van der Waals surface area contributed by atoms with Crippen molar-refractivity contribution in [1.29, 1.82) is 0 Å². The van der Waals surface area contributed by atoms with E-state index in [2.05, 4.69) is 43.8 Å². The fraction of sp³-hybridized carbons (Fsp3) is 0.806. The highest BCUT2D eigenvalue weighted by Crippen LogP contribution is 2.14. The SMILES string of the molecule is CCCCCCCCCCCCCCCCCCOCC(CCCS)COCc1ccccc1. The molecule has 1 unspecified atom stereocenters. The molecule has 0 spiro atoms. The third-order valence-electron chi connectivity index (χ3n) is 6.73. The summed E-state index contributed by atoms with van der Waals surface area (Å²) in [5, 5.41) is 0. The summed E-state index contributed by atoms with van der Waals surface area (Å²) in [6.07, 6.45) is 24.8. The Labute approximate surface area is 218 Å². The van der Waals surface area contributed by atoms with E-state index in [4.69, 9.17) is 9.47 Å². The van der Waals surface area contributed by atoms with Crippen LogP contribution in [0, 0.1) is 5.92 Å². The van der Waals surface area contributed by atoms with Gasteiger partial charge < -0.3 is 9.47 Å². The normalized spacial score (nSPS) is 12.3. The van der Waals surface area contributed by atoms with Gasteiger partial charge in [-0.15, -0.1) is 0 Å². The summed E-state index contributed by atoms with van der Waals surface area (Å²) in [5.41, 5.74) is 1.24. The summed E-state index contributed by atoms with van der Waals surface area (Å²) in [7, 11) is 0. The first kappa shape index (κ1) is 31.5. The van der Waals surface area contributed by atoms with Gasteiger partial charge in [0.15, 0.2) is 0 Å². The average molecular weight is 493 g/mol. The zero-order valence-corrected chi connectivity index (χ0v) is 23.4. The molecule has 1 aromatic carbocycles. The molecule has 2 nitrogen and oxygen atoms in total. The highest BCUT2D eigenvalue weighted by molar-refractivity contribution is 7.80. The predicted octanol–water partition coefficient (Wildman–Crippen LogP) is 9.81. The van der Waals surface area contributed by atoms with Gasteiger partial charge in [0.05, 0.1) is 19.8 Å². The van der Waals surface area contributed by atoms with Gasteiger partial charge in [0, 0.05) is 12.5 Å². The Kier molecular flexibility index (Phi) is 23.7. The van der Waals surface area contributed by atoms with Crippen LogP contribution in [0.15, 0.2) is 30.3 Å². The highest BCUT2D eigenvalue weighted by Gasteiger charge is 2.09. The molecular formula is C31H56O2S. The zero-order chi connectivity index (χ0) is 24.4. The number of thiol groups is 1. The molecule has 0 fully saturated rings. The van der Waals surface area contributed by atoms with Gasteiger partial charge in [0.2, 0.25) is 0 Å². The standard InChI is InChI=1S/C31H56O2S/c1-2-3-4-5-6-7-8-9-10-11-12-13-14-15-16-20-25-32-28-31(24-21-26-34)29-33-27-30-22-18-17-19-23-30/h17-19,22-23,31,34H,2-16,20-21,24-29H2,1H3. The second kappa shape index (κ2) is 25.6. The van der Waals surface area contributed by atoms with Gasteiger partial charge in [-0.25, -0.2) is 0 Å². The lowest BCUT2D eigenvalue weighted by atomic mass is 10.0. The largest absolute Gasteiger partial charge is 0.381 e. The lowest BCUT2D eigenvalue weighted by molar-refractivity contribution is 0.0285. The molecule has 0 amide bonds. The number of rotatable bonds is 26. The Balaban J connectivity index is 1.86. The van der Waals surface area contributed by atoms with E-state index in [1.54, 1.807) is 0 Å². The second-order valence-corrected chi connectivity index (χ2v) is 10.6. The van der Waals surface area contributed by atoms with Crippen molar-refractivity contribution in [2.45, 2.75) is 129 Å². The summed E-state index contributed by atoms with van der Waals surface area (Å²) < 4.78 is 12.0. The van der Waals surface area contributed by atoms with Gasteiger partial charge in [-0.05, 0) is 30.6 Å². The van der Waals surface area contributed by atoms with Crippen LogP contribution in [-0.4, -0.2) is 25.6 Å². The van der Waals surface area contributed by atoms with Crippen molar-refractivity contribution in [1.82, 2.24) is 0 Å². The molecule has 0 aliphatic carbocycles. The first-order valence-corrected chi connectivity index (χ1v) is 15.3. The third kappa shape index (κ3) is 20.8. The summed E-state index contributed by atoms with van der Waals surface area (Å²) in [4.78, 5) is 0. The fourth-order valence-electron chi connectivity index (χ4n) is 4.51. The molecule has 0 aromatic heterocycles. The maximum Gasteiger partial charge on any atom is 0.0717 e. The first-order chi connectivity index (χ1) is 16.9. The van der Waals surface area contributed by atoms with E-state index in [9.17, 15) is 0 Å². The molecule has 3 heteroatoms. The quantitative estimate of drug-likeness (QED) is 0.102. The van der Waals surface area contributed by atoms with Crippen LogP contribution in [0.3, 0.4) is 0 Å². The van der Waals surface area contributed by atoms with Gasteiger partial charge in [-0.2, -0.15) is 12.6 Å². The molecule has 0 saturated heterocycles. The molecule has 0 aliphatic rings. The Morgan fingerprint density at radius 1 is 0.618 bits per heavy atom. The molecule has 1 atom stereocenters. The molecule has 198 valence electrons. The summed E-state index contributed by atoms with van der Waals surface area (Å²) in [6.45, 7) is 5.48. The van der Waals surface area contributed by atoms with Gasteiger partial charge in [-0.1, -0.05) is 134 Å². The van der Waals surface area contributed by atoms with Crippen molar-refractivity contribution < 1.29 is 9.47 Å². The molecule has 0 radical (unpaired) electrons. The van der Waals surface area contributed by atoms with E-state index in [-0.39, 0.29) is 0 Å². The van der Waals surface area contributed by atoms with Crippen LogP contribution < -0.4 is 0 Å². The van der Waals surface area contributed by atoms with Crippen LogP contribution in [-0.2, 0) is 16.1 Å². The Bertz CT molecular complexity index is 507. The van der Waals surface area contributed by atoms with E-state index in [0.717, 1.165) is 38.4 Å². The van der Waals surface area contributed by atoms with E-state index in [1.807, 2.05) is 6.07 Å². The van der Waals surface area contributed by atoms with Crippen molar-refractivity contribution in [2.75, 3.05) is 25.6 Å². The number of ether oxygens (including phenoxy) is 2. The minimum absolute atomic E-state index is 0.483. The van der Waals surface area contributed by atoms with Crippen molar-refractivity contribution in [3.05, 3.63) is 35.9 Å². The first-order valence-electron chi connectivity index (χ1n) is 14.7. The number of hydrogen-bond acceptors (Lipinski definition) is 3. The van der Waals surface area contributed by atoms with Crippen molar-refractivity contribution in [3.63, 3.8) is 0 Å². The number of hydrogen-bond donors (Lipinski definition) is 1. The van der Waals surface area contributed by atoms with Crippen LogP contribution in [0.5, 0.6) is 0 Å². The van der Waals surface area contributed by atoms with Crippen LogP contribution in [0.1, 0.15) is 128 Å². The van der Waals surface area contributed by atoms with Gasteiger partial charge in [0.1, 0.15) is 0 Å². The van der Waals surface area contributed by atoms with Gasteiger partial charge in [0.25, 0.3) is 0 Å². The van der Waals surface area contributed by atoms with Crippen LogP contribution in [0.25, 0.3) is 0 Å². The molecule has 1 aromatic rings. The average Bonchev–Trinajstić information content (AvgIpc) is 2.86. The number of benzene rings is 1. The van der Waals surface area contributed by atoms with E-state index >= 15 is 0 Å². The second-order valence-electron chi connectivity index (χ2n) is 10.1. The van der Waals surface area contributed by atoms with Crippen molar-refractivity contribution >= 4 is 12.6 Å². The molecule has 34 heavy (non-hydrogen) atoms. The molecule has 1 rings (SSSR count). The topological polar surface area (TPSA) is 18.5 Å². The maximum absolute atomic E-state index is 6.01. The predicted molar refractivity (Wildman–Crippen MR) is 153 cm³/mol. The Hall–Kier alpha value is -0.510. The summed E-state index contributed by atoms with van der Waals surface area (Å²) in [5.74, 6) is 1.42. The Morgan fingerprint density at radius 2 is 1.12 bits per heavy atom. The van der Waals surface area contributed by atoms with Crippen LogP contribution in [0.2, 0.25) is 0 Å². The maximum atomic E-state index is 6.01. The summed E-state index contributed by atoms with van der Waals surface area (Å²) in [6, 6.07) is 10.4. The lowest BCUT2D eigenvalue weighted by Gasteiger charge is -2.17. The van der Waals surface area contributed by atoms with Crippen molar-refractivity contribution in [3.8, 4) is 0 Å². The zero-order valence-electron chi connectivity index (χ0n) is 22.5. The van der Waals surface area contributed by atoms with Crippen LogP contribution >= 0.6 is 12.6 Å². The highest BCUT2D eigenvalue weighted by atomic mass is 32.1. The van der Waals surface area contributed by atoms with E-state index in [0.29, 0.717) is 12.5 Å². The number of unbranched alkanes of at least 4 members (excludes halogenated alkanes) is 15. The molecule has 0 bridgehead atoms. The fourth-order valence-corrected chi connectivity index (χ4v) is 4.70. The Morgan fingerprint density at radius 3 is 1.65 bits per heavy atom. The molecule has 0 N–H and O–H groups in total. The smallest absolute Gasteiger partial charge is 0.0717 e. The third-order valence-corrected chi connectivity index (χ3v) is 7.05.